The Bertz CT molecular complexity index is 1250. The van der Waals surface area contributed by atoms with Gasteiger partial charge in [0.25, 0.3) is 0 Å². The first-order valence-electron chi connectivity index (χ1n) is 11.6. The Balaban J connectivity index is 1.30. The van der Waals surface area contributed by atoms with E-state index in [1.54, 1.807) is 4.90 Å². The lowest BCUT2D eigenvalue weighted by Crippen LogP contribution is -2.41. The van der Waals surface area contributed by atoms with E-state index < -0.39 is 5.60 Å². The molecule has 2 aromatic heterocycles. The first-order valence-corrected chi connectivity index (χ1v) is 11.6. The summed E-state index contributed by atoms with van der Waals surface area (Å²) in [6.07, 6.45) is 4.11. The van der Waals surface area contributed by atoms with Crippen LogP contribution in [0.1, 0.15) is 44.9 Å². The number of carbonyl (C=O) groups excluding carboxylic acids is 1. The Morgan fingerprint density at radius 3 is 2.73 bits per heavy atom. The van der Waals surface area contributed by atoms with E-state index in [2.05, 4.69) is 33.8 Å². The van der Waals surface area contributed by atoms with Crippen molar-refractivity contribution >= 4 is 11.9 Å². The van der Waals surface area contributed by atoms with E-state index in [0.29, 0.717) is 25.0 Å². The highest BCUT2D eigenvalue weighted by molar-refractivity contribution is 5.75. The fourth-order valence-electron chi connectivity index (χ4n) is 4.81. The molecule has 0 atom stereocenters. The van der Waals surface area contributed by atoms with Crippen molar-refractivity contribution in [3.05, 3.63) is 47.8 Å². The van der Waals surface area contributed by atoms with Crippen LogP contribution in [0, 0.1) is 0 Å². The van der Waals surface area contributed by atoms with E-state index in [9.17, 15) is 4.79 Å². The van der Waals surface area contributed by atoms with Crippen LogP contribution in [0.4, 0.5) is 10.6 Å². The lowest BCUT2D eigenvalue weighted by atomic mass is 9.96. The molecule has 4 heterocycles. The molecule has 1 aromatic carbocycles. The summed E-state index contributed by atoms with van der Waals surface area (Å²) in [5, 5.41) is 12.3. The first-order chi connectivity index (χ1) is 15.8. The highest BCUT2D eigenvalue weighted by atomic mass is 16.6. The smallest absolute Gasteiger partial charge is 0.410 e. The van der Waals surface area contributed by atoms with Gasteiger partial charge in [-0.15, -0.1) is 5.10 Å². The molecule has 8 heteroatoms. The van der Waals surface area contributed by atoms with Crippen molar-refractivity contribution in [2.24, 2.45) is 0 Å². The molecular formula is C25H28N6O2. The third-order valence-electron chi connectivity index (χ3n) is 6.79. The topological polar surface area (TPSA) is 85.2 Å². The Hall–Kier alpha value is -3.42. The summed E-state index contributed by atoms with van der Waals surface area (Å²) in [6, 6.07) is 10.6. The van der Waals surface area contributed by atoms with Gasteiger partial charge >= 0.3 is 6.09 Å². The van der Waals surface area contributed by atoms with Crippen LogP contribution in [0.5, 0.6) is 0 Å². The van der Waals surface area contributed by atoms with Gasteiger partial charge in [-0.1, -0.05) is 23.4 Å². The Morgan fingerprint density at radius 1 is 1.12 bits per heavy atom. The Kier molecular flexibility index (Phi) is 4.31. The van der Waals surface area contributed by atoms with Gasteiger partial charge in [-0.3, -0.25) is 0 Å². The number of carbonyl (C=O) groups is 1. The molecule has 0 saturated heterocycles. The minimum Gasteiger partial charge on any atom is -0.444 e. The van der Waals surface area contributed by atoms with Crippen LogP contribution in [0.3, 0.4) is 0 Å². The quantitative estimate of drug-likeness (QED) is 0.637. The van der Waals surface area contributed by atoms with Crippen molar-refractivity contribution in [2.45, 2.75) is 57.7 Å². The summed E-state index contributed by atoms with van der Waals surface area (Å²) < 4.78 is 7.47. The molecule has 33 heavy (non-hydrogen) atoms. The summed E-state index contributed by atoms with van der Waals surface area (Å²) in [4.78, 5) is 19.0. The molecule has 1 spiro atoms. The van der Waals surface area contributed by atoms with E-state index in [0.717, 1.165) is 40.4 Å². The molecular weight excluding hydrogens is 416 g/mol. The Morgan fingerprint density at radius 2 is 1.94 bits per heavy atom. The number of nitrogens with zero attached hydrogens (tertiary/aromatic N) is 5. The first kappa shape index (κ1) is 20.2. The summed E-state index contributed by atoms with van der Waals surface area (Å²) in [7, 11) is 0. The average molecular weight is 445 g/mol. The zero-order valence-corrected chi connectivity index (χ0v) is 19.3. The van der Waals surface area contributed by atoms with E-state index in [1.165, 1.54) is 18.4 Å². The van der Waals surface area contributed by atoms with E-state index in [-0.39, 0.29) is 6.09 Å². The van der Waals surface area contributed by atoms with Crippen LogP contribution in [0.2, 0.25) is 0 Å². The van der Waals surface area contributed by atoms with Crippen LogP contribution >= 0.6 is 0 Å². The number of amides is 1. The largest absolute Gasteiger partial charge is 0.444 e. The molecule has 0 unspecified atom stereocenters. The van der Waals surface area contributed by atoms with Gasteiger partial charge < -0.3 is 15.0 Å². The van der Waals surface area contributed by atoms with Crippen molar-refractivity contribution < 1.29 is 9.53 Å². The number of rotatable bonds is 2. The predicted octanol–water partition coefficient (Wildman–Crippen LogP) is 4.21. The van der Waals surface area contributed by atoms with Crippen molar-refractivity contribution in [2.75, 3.05) is 18.4 Å². The summed E-state index contributed by atoms with van der Waals surface area (Å²) >= 11 is 0. The summed E-state index contributed by atoms with van der Waals surface area (Å²) in [5.74, 6) is 1.03. The molecule has 0 radical (unpaired) electrons. The van der Waals surface area contributed by atoms with Gasteiger partial charge in [0.05, 0.1) is 18.8 Å². The highest BCUT2D eigenvalue weighted by Gasteiger charge is 2.49. The molecule has 1 saturated carbocycles. The van der Waals surface area contributed by atoms with Crippen molar-refractivity contribution in [1.29, 1.82) is 0 Å². The van der Waals surface area contributed by atoms with Crippen molar-refractivity contribution in [3.8, 4) is 22.4 Å². The standard InChI is InChI=1S/C25H28N6O2/c1-24(2,3)33-23(32)30-9-10-31-20(14-30)21(28-29-31)17-6-4-5-16(11-17)18-12-19-22(26-13-18)27-15-25(19)7-8-25/h4-6,11-13H,7-10,14-15H2,1-3H3,(H,26,27). The molecule has 3 aromatic rings. The number of aromatic nitrogens is 4. The molecule has 170 valence electrons. The fourth-order valence-corrected chi connectivity index (χ4v) is 4.81. The molecule has 1 fully saturated rings. The zero-order valence-electron chi connectivity index (χ0n) is 19.3. The van der Waals surface area contributed by atoms with Crippen LogP contribution in [-0.2, 0) is 23.2 Å². The lowest BCUT2D eigenvalue weighted by Gasteiger charge is -2.30. The van der Waals surface area contributed by atoms with Gasteiger partial charge in [-0.25, -0.2) is 14.5 Å². The number of pyridine rings is 1. The van der Waals surface area contributed by atoms with Gasteiger partial charge in [0.1, 0.15) is 17.1 Å². The van der Waals surface area contributed by atoms with E-state index >= 15 is 0 Å². The third kappa shape index (κ3) is 3.53. The van der Waals surface area contributed by atoms with E-state index in [1.807, 2.05) is 43.8 Å². The maximum absolute atomic E-state index is 12.6. The second-order valence-corrected chi connectivity index (χ2v) is 10.3. The molecule has 0 bridgehead atoms. The second kappa shape index (κ2) is 7.04. The number of hydrogen-bond acceptors (Lipinski definition) is 6. The van der Waals surface area contributed by atoms with Gasteiger partial charge in [0.2, 0.25) is 0 Å². The summed E-state index contributed by atoms with van der Waals surface area (Å²) in [5.41, 5.74) is 6.06. The van der Waals surface area contributed by atoms with Gasteiger partial charge in [0.15, 0.2) is 0 Å². The average Bonchev–Trinajstić information content (AvgIpc) is 3.32. The van der Waals surface area contributed by atoms with Crippen LogP contribution < -0.4 is 5.32 Å². The fraction of sp³-hybridized carbons (Fsp3) is 0.440. The lowest BCUT2D eigenvalue weighted by molar-refractivity contribution is 0.0194. The normalized spacial score (nSPS) is 18.0. The van der Waals surface area contributed by atoms with Gasteiger partial charge in [-0.2, -0.15) is 0 Å². The number of nitrogens with one attached hydrogen (secondary N) is 1. The van der Waals surface area contributed by atoms with Crippen LogP contribution in [0.25, 0.3) is 22.4 Å². The number of fused-ring (bicyclic) bond motifs is 3. The van der Waals surface area contributed by atoms with Crippen LogP contribution in [-0.4, -0.2) is 49.7 Å². The minimum atomic E-state index is -0.525. The van der Waals surface area contributed by atoms with Crippen molar-refractivity contribution in [3.63, 3.8) is 0 Å². The van der Waals surface area contributed by atoms with Gasteiger partial charge in [0, 0.05) is 41.4 Å². The van der Waals surface area contributed by atoms with Gasteiger partial charge in [-0.05, 0) is 51.3 Å². The molecule has 8 nitrogen and oxygen atoms in total. The number of benzene rings is 1. The number of hydrogen-bond donors (Lipinski definition) is 1. The molecule has 1 N–H and O–H groups in total. The SMILES string of the molecule is CC(C)(C)OC(=O)N1CCn2nnc(-c3cccc(-c4cnc5c(c4)C4(CC4)CN5)c3)c2C1. The summed E-state index contributed by atoms with van der Waals surface area (Å²) in [6.45, 7) is 8.23. The highest BCUT2D eigenvalue weighted by Crippen LogP contribution is 2.54. The molecule has 2 aliphatic heterocycles. The Labute approximate surface area is 193 Å². The second-order valence-electron chi connectivity index (χ2n) is 10.3. The molecule has 1 amide bonds. The maximum Gasteiger partial charge on any atom is 0.410 e. The predicted molar refractivity (Wildman–Crippen MR) is 125 cm³/mol. The van der Waals surface area contributed by atoms with Crippen molar-refractivity contribution in [1.82, 2.24) is 24.9 Å². The zero-order chi connectivity index (χ0) is 22.8. The molecule has 6 rings (SSSR count). The maximum atomic E-state index is 12.6. The number of anilines is 1. The third-order valence-corrected chi connectivity index (χ3v) is 6.79. The van der Waals surface area contributed by atoms with E-state index in [4.69, 9.17) is 9.72 Å². The minimum absolute atomic E-state index is 0.300. The molecule has 3 aliphatic rings. The monoisotopic (exact) mass is 444 g/mol. The van der Waals surface area contributed by atoms with Crippen LogP contribution in [0.15, 0.2) is 36.5 Å². The number of ether oxygens (including phenoxy) is 1. The molecule has 1 aliphatic carbocycles.